The fourth-order valence-electron chi connectivity index (χ4n) is 5.38. The van der Waals surface area contributed by atoms with Gasteiger partial charge in [-0.25, -0.2) is 34.5 Å². The predicted octanol–water partition coefficient (Wildman–Crippen LogP) is -1.59. The van der Waals surface area contributed by atoms with Crippen molar-refractivity contribution in [2.75, 3.05) is 31.0 Å². The maximum atomic E-state index is 13.2. The molecule has 3 aliphatic heterocycles. The first-order valence-electron chi connectivity index (χ1n) is 13.2. The number of nitrogen functional groups attached to an aromatic ring is 2. The second kappa shape index (κ2) is 11.2. The molecule has 242 valence electrons. The molecule has 0 spiro atoms. The minimum atomic E-state index is -5.00. The molecule has 8 N–H and O–H groups in total. The van der Waals surface area contributed by atoms with Crippen LogP contribution in [0.2, 0.25) is 0 Å². The number of nitrogens with two attached hydrogens (primary N) is 2. The Kier molecular flexibility index (Phi) is 7.59. The Balaban J connectivity index is 1.17. The summed E-state index contributed by atoms with van der Waals surface area (Å²) in [5, 5.41) is 22.2. The van der Waals surface area contributed by atoms with Crippen LogP contribution in [-0.4, -0.2) is 115 Å². The lowest BCUT2D eigenvalue weighted by atomic mass is 10.1. The average molecular weight is 672 g/mol. The third-order valence-corrected chi connectivity index (χ3v) is 9.49. The van der Waals surface area contributed by atoms with E-state index in [-0.39, 0.29) is 34.0 Å². The van der Waals surface area contributed by atoms with E-state index in [4.69, 9.17) is 39.2 Å². The molecule has 3 aliphatic rings. The maximum Gasteiger partial charge on any atom is 0.472 e. The van der Waals surface area contributed by atoms with Crippen LogP contribution in [0.3, 0.4) is 0 Å². The third kappa shape index (κ3) is 5.47. The fraction of sp³-hybridized carbons (Fsp3) is 0.524. The smallest absolute Gasteiger partial charge is 0.387 e. The van der Waals surface area contributed by atoms with Gasteiger partial charge in [-0.05, 0) is 0 Å². The van der Waals surface area contributed by atoms with Gasteiger partial charge in [0.1, 0.15) is 66.7 Å². The number of aromatic nitrogens is 8. The van der Waals surface area contributed by atoms with Crippen LogP contribution in [0.4, 0.5) is 11.6 Å². The summed E-state index contributed by atoms with van der Waals surface area (Å²) in [4.78, 5) is 45.6. The summed E-state index contributed by atoms with van der Waals surface area (Å²) in [6, 6.07) is 0. The zero-order valence-electron chi connectivity index (χ0n) is 22.7. The minimum Gasteiger partial charge on any atom is -0.387 e. The van der Waals surface area contributed by atoms with Crippen molar-refractivity contribution in [1.29, 1.82) is 0 Å². The Morgan fingerprint density at radius 2 is 1.36 bits per heavy atom. The second-order valence-electron chi connectivity index (χ2n) is 10.3. The highest BCUT2D eigenvalue weighted by Gasteiger charge is 2.53. The Hall–Kier alpha value is -3.24. The van der Waals surface area contributed by atoms with Crippen LogP contribution in [0.5, 0.6) is 0 Å². The normalized spacial score (nSPS) is 38.0. The number of phosphoric acid groups is 1. The molecule has 2 bridgehead atoms. The molecule has 0 aliphatic carbocycles. The van der Waals surface area contributed by atoms with Gasteiger partial charge in [0.15, 0.2) is 35.4 Å². The molecule has 3 fully saturated rings. The Labute approximate surface area is 251 Å². The third-order valence-electron chi connectivity index (χ3n) is 7.42. The number of anilines is 2. The Bertz CT molecular complexity index is 1840. The number of fused-ring (bicyclic) bond motifs is 5. The van der Waals surface area contributed by atoms with Gasteiger partial charge < -0.3 is 45.7 Å². The van der Waals surface area contributed by atoms with Crippen LogP contribution < -0.4 is 11.5 Å². The highest BCUT2D eigenvalue weighted by Crippen LogP contribution is 2.52. The van der Waals surface area contributed by atoms with E-state index in [0.29, 0.717) is 0 Å². The van der Waals surface area contributed by atoms with Crippen LogP contribution >= 0.6 is 15.4 Å². The molecule has 3 saturated heterocycles. The standard InChI is InChI=1S/C21H26N10O12P2/c22-16-10-18(26-3-24-16)30(5-28-10)20-13(33)14-9(41-20)1-38-7-44(34,35)42-15-12(32)8(2-39-45(36,37)43-14)40-21(15)31-6-29-11-17(23)25-4-27-19(11)31/h3-6,8-9,12-15,20-21,32-33H,1-2,7H2,(H,34,35)(H,36,37)(H2,22,24,26)(H2,23,25,27)/t8-,9-,12-,13-,14-,15-,20-,21-/m1/s1. The van der Waals surface area contributed by atoms with Crippen molar-refractivity contribution >= 4 is 49.4 Å². The zero-order chi connectivity index (χ0) is 31.7. The summed E-state index contributed by atoms with van der Waals surface area (Å²) in [5.41, 5.74) is 12.4. The van der Waals surface area contributed by atoms with E-state index in [1.807, 2.05) is 0 Å². The van der Waals surface area contributed by atoms with Gasteiger partial charge >= 0.3 is 15.4 Å². The topological polar surface area (TPSA) is 310 Å². The van der Waals surface area contributed by atoms with Gasteiger partial charge in [0.25, 0.3) is 0 Å². The lowest BCUT2D eigenvalue weighted by Crippen LogP contribution is -2.38. The molecule has 10 atom stereocenters. The average Bonchev–Trinajstić information content (AvgIpc) is 3.74. The fourth-order valence-corrected chi connectivity index (χ4v) is 7.35. The number of rotatable bonds is 2. The van der Waals surface area contributed by atoms with Crippen LogP contribution in [0.15, 0.2) is 25.3 Å². The van der Waals surface area contributed by atoms with Crippen LogP contribution in [0, 0.1) is 0 Å². The maximum absolute atomic E-state index is 13.2. The van der Waals surface area contributed by atoms with Crippen LogP contribution in [0.25, 0.3) is 22.3 Å². The Morgan fingerprint density at radius 1 is 0.756 bits per heavy atom. The summed E-state index contributed by atoms with van der Waals surface area (Å²) >= 11 is 0. The molecular weight excluding hydrogens is 646 g/mol. The van der Waals surface area contributed by atoms with E-state index >= 15 is 0 Å². The molecule has 0 aromatic carbocycles. The molecule has 45 heavy (non-hydrogen) atoms. The van der Waals surface area contributed by atoms with Gasteiger partial charge in [-0.3, -0.25) is 27.3 Å². The van der Waals surface area contributed by atoms with E-state index in [1.165, 1.54) is 28.1 Å². The molecule has 7 heterocycles. The number of imidazole rings is 2. The number of ether oxygens (including phenoxy) is 3. The lowest BCUT2D eigenvalue weighted by molar-refractivity contribution is -0.0639. The van der Waals surface area contributed by atoms with Crippen molar-refractivity contribution in [3.8, 4) is 0 Å². The highest BCUT2D eigenvalue weighted by molar-refractivity contribution is 7.52. The van der Waals surface area contributed by atoms with E-state index in [1.54, 1.807) is 0 Å². The first-order chi connectivity index (χ1) is 21.4. The summed E-state index contributed by atoms with van der Waals surface area (Å²) in [6.07, 6.45) is -7.74. The predicted molar refractivity (Wildman–Crippen MR) is 145 cm³/mol. The second-order valence-corrected chi connectivity index (χ2v) is 13.5. The van der Waals surface area contributed by atoms with Gasteiger partial charge in [-0.15, -0.1) is 0 Å². The van der Waals surface area contributed by atoms with Gasteiger partial charge in [-0.1, -0.05) is 0 Å². The van der Waals surface area contributed by atoms with E-state index in [2.05, 4.69) is 29.9 Å². The van der Waals surface area contributed by atoms with E-state index < -0.39 is 84.1 Å². The van der Waals surface area contributed by atoms with E-state index in [9.17, 15) is 29.1 Å². The van der Waals surface area contributed by atoms with Crippen molar-refractivity contribution < 1.29 is 56.9 Å². The quantitative estimate of drug-likeness (QED) is 0.131. The summed E-state index contributed by atoms with van der Waals surface area (Å²) < 4.78 is 62.1. The van der Waals surface area contributed by atoms with Crippen molar-refractivity contribution in [2.45, 2.75) is 49.1 Å². The van der Waals surface area contributed by atoms with Crippen molar-refractivity contribution in [3.05, 3.63) is 25.3 Å². The van der Waals surface area contributed by atoms with Crippen LogP contribution in [0.1, 0.15) is 12.5 Å². The lowest BCUT2D eigenvalue weighted by Gasteiger charge is -2.26. The molecule has 22 nitrogen and oxygen atoms in total. The van der Waals surface area contributed by atoms with Gasteiger partial charge in [0.05, 0.1) is 25.9 Å². The SMILES string of the molecule is Nc1ncnc2c1ncn2[C@@H]1O[C@@H]2COCP(=O)(O)O[C@@H]3[C@H](O)[C@@H](COP(=O)(O)O[C@H]2[C@H]1O)O[C@H]3n1cnc2c(N)ncnc21. The number of hydrogen-bond donors (Lipinski definition) is 6. The number of hydrogen-bond acceptors (Lipinski definition) is 18. The molecule has 2 unspecified atom stereocenters. The van der Waals surface area contributed by atoms with E-state index in [0.717, 1.165) is 6.33 Å². The molecule has 0 radical (unpaired) electrons. The summed E-state index contributed by atoms with van der Waals surface area (Å²) in [7, 11) is -9.64. The summed E-state index contributed by atoms with van der Waals surface area (Å²) in [5.74, 6) is 0.111. The molecule has 0 saturated carbocycles. The molecule has 4 aromatic rings. The number of nitrogens with zero attached hydrogens (tertiary/aromatic N) is 8. The first-order valence-corrected chi connectivity index (χ1v) is 16.4. The number of aliphatic hydroxyl groups excluding tert-OH is 2. The summed E-state index contributed by atoms with van der Waals surface area (Å²) in [6.45, 7) is -1.27. The molecule has 0 amide bonds. The highest BCUT2D eigenvalue weighted by atomic mass is 31.2. The number of phosphoric ester groups is 1. The Morgan fingerprint density at radius 3 is 2.00 bits per heavy atom. The van der Waals surface area contributed by atoms with Gasteiger partial charge in [0, 0.05) is 0 Å². The van der Waals surface area contributed by atoms with Crippen molar-refractivity contribution in [3.63, 3.8) is 0 Å². The van der Waals surface area contributed by atoms with Crippen molar-refractivity contribution in [1.82, 2.24) is 39.0 Å². The monoisotopic (exact) mass is 672 g/mol. The first kappa shape index (κ1) is 30.4. The molecule has 4 aromatic heterocycles. The van der Waals surface area contributed by atoms with Crippen molar-refractivity contribution in [2.24, 2.45) is 0 Å². The zero-order valence-corrected chi connectivity index (χ0v) is 24.5. The molecule has 7 rings (SSSR count). The largest absolute Gasteiger partial charge is 0.472 e. The minimum absolute atomic E-state index is 0.0449. The van der Waals surface area contributed by atoms with Gasteiger partial charge in [-0.2, -0.15) is 0 Å². The molecule has 24 heteroatoms. The van der Waals surface area contributed by atoms with Crippen LogP contribution in [-0.2, 0) is 36.9 Å². The number of aliphatic hydroxyl groups is 2. The van der Waals surface area contributed by atoms with Gasteiger partial charge in [0.2, 0.25) is 0 Å². The molecular formula is C21H26N10O12P2.